The minimum atomic E-state index is -0.544. The molecule has 2 fully saturated rings. The van der Waals surface area contributed by atoms with Gasteiger partial charge in [-0.3, -0.25) is 4.79 Å². The molecule has 1 amide bonds. The molecule has 0 saturated carbocycles. The zero-order valence-corrected chi connectivity index (χ0v) is 11.7. The van der Waals surface area contributed by atoms with Crippen molar-refractivity contribution in [2.24, 2.45) is 11.7 Å². The van der Waals surface area contributed by atoms with Crippen molar-refractivity contribution in [1.29, 1.82) is 0 Å². The Morgan fingerprint density at radius 1 is 1.30 bits per heavy atom. The molecule has 3 rings (SSSR count). The van der Waals surface area contributed by atoms with Crippen LogP contribution in [-0.4, -0.2) is 36.6 Å². The molecule has 1 aromatic carbocycles. The smallest absolute Gasteiger partial charge is 0.244 e. The predicted octanol–water partition coefficient (Wildman–Crippen LogP) is 1.71. The highest BCUT2D eigenvalue weighted by molar-refractivity contribution is 5.83. The summed E-state index contributed by atoms with van der Waals surface area (Å²) in [6.45, 7) is 2.43. The highest BCUT2D eigenvalue weighted by atomic mass is 16.5. The number of carbonyl (C=O) groups is 1. The topological polar surface area (TPSA) is 55.6 Å². The fourth-order valence-corrected chi connectivity index (χ4v) is 3.29. The van der Waals surface area contributed by atoms with Crippen LogP contribution in [0.5, 0.6) is 0 Å². The van der Waals surface area contributed by atoms with E-state index in [1.165, 1.54) is 0 Å². The molecule has 4 nitrogen and oxygen atoms in total. The van der Waals surface area contributed by atoms with Crippen LogP contribution in [0.25, 0.3) is 0 Å². The number of rotatable bonds is 2. The van der Waals surface area contributed by atoms with Gasteiger partial charge in [-0.1, -0.05) is 30.3 Å². The molecule has 2 aliphatic heterocycles. The lowest BCUT2D eigenvalue weighted by Crippen LogP contribution is -2.50. The van der Waals surface area contributed by atoms with Crippen LogP contribution in [0, 0.1) is 5.92 Å². The standard InChI is InChI=1S/C16H22N2O2/c17-15(12-5-2-1-3-6-12)16(19)18-9-8-14-13(11-18)7-4-10-20-14/h1-3,5-6,13-15H,4,7-11,17H2. The number of nitrogens with two attached hydrogens (primary N) is 1. The number of nitrogens with zero attached hydrogens (tertiary/aromatic N) is 1. The Labute approximate surface area is 119 Å². The molecule has 2 saturated heterocycles. The second-order valence-electron chi connectivity index (χ2n) is 5.77. The van der Waals surface area contributed by atoms with E-state index in [1.807, 2.05) is 35.2 Å². The summed E-state index contributed by atoms with van der Waals surface area (Å²) in [5.41, 5.74) is 7.00. The Hall–Kier alpha value is -1.39. The average molecular weight is 274 g/mol. The first-order chi connectivity index (χ1) is 9.75. The summed E-state index contributed by atoms with van der Waals surface area (Å²) in [6.07, 6.45) is 3.56. The molecule has 108 valence electrons. The zero-order chi connectivity index (χ0) is 13.9. The van der Waals surface area contributed by atoms with Crippen LogP contribution in [0.15, 0.2) is 30.3 Å². The van der Waals surface area contributed by atoms with Crippen molar-refractivity contribution in [3.63, 3.8) is 0 Å². The fourth-order valence-electron chi connectivity index (χ4n) is 3.29. The van der Waals surface area contributed by atoms with Crippen LogP contribution >= 0.6 is 0 Å². The Kier molecular flexibility index (Phi) is 4.03. The average Bonchev–Trinajstić information content (AvgIpc) is 2.54. The molecule has 2 heterocycles. The lowest BCUT2D eigenvalue weighted by Gasteiger charge is -2.41. The van der Waals surface area contributed by atoms with Gasteiger partial charge in [0.25, 0.3) is 0 Å². The minimum Gasteiger partial charge on any atom is -0.378 e. The van der Waals surface area contributed by atoms with Crippen molar-refractivity contribution in [2.75, 3.05) is 19.7 Å². The van der Waals surface area contributed by atoms with Gasteiger partial charge in [0.2, 0.25) is 5.91 Å². The summed E-state index contributed by atoms with van der Waals surface area (Å²) in [5, 5.41) is 0. The van der Waals surface area contributed by atoms with E-state index in [4.69, 9.17) is 10.5 Å². The van der Waals surface area contributed by atoms with Crippen molar-refractivity contribution in [2.45, 2.75) is 31.4 Å². The van der Waals surface area contributed by atoms with Gasteiger partial charge in [0.05, 0.1) is 6.10 Å². The third-order valence-electron chi connectivity index (χ3n) is 4.45. The van der Waals surface area contributed by atoms with Gasteiger partial charge in [0.15, 0.2) is 0 Å². The molecule has 2 aliphatic rings. The number of hydrogen-bond donors (Lipinski definition) is 1. The van der Waals surface area contributed by atoms with Crippen molar-refractivity contribution < 1.29 is 9.53 Å². The van der Waals surface area contributed by atoms with Gasteiger partial charge < -0.3 is 15.4 Å². The van der Waals surface area contributed by atoms with Crippen molar-refractivity contribution >= 4 is 5.91 Å². The van der Waals surface area contributed by atoms with Crippen LogP contribution in [-0.2, 0) is 9.53 Å². The first kappa shape index (κ1) is 13.6. The molecule has 3 atom stereocenters. The van der Waals surface area contributed by atoms with E-state index in [9.17, 15) is 4.79 Å². The molecule has 0 aromatic heterocycles. The van der Waals surface area contributed by atoms with E-state index >= 15 is 0 Å². The van der Waals surface area contributed by atoms with E-state index in [2.05, 4.69) is 0 Å². The van der Waals surface area contributed by atoms with Crippen molar-refractivity contribution in [3.05, 3.63) is 35.9 Å². The summed E-state index contributed by atoms with van der Waals surface area (Å²) in [5.74, 6) is 0.532. The monoisotopic (exact) mass is 274 g/mol. The number of piperidine rings is 1. The first-order valence-electron chi connectivity index (χ1n) is 7.46. The van der Waals surface area contributed by atoms with Gasteiger partial charge >= 0.3 is 0 Å². The summed E-state index contributed by atoms with van der Waals surface area (Å²) in [7, 11) is 0. The molecule has 3 unspecified atom stereocenters. The molecule has 4 heteroatoms. The third-order valence-corrected chi connectivity index (χ3v) is 4.45. The van der Waals surface area contributed by atoms with E-state index in [-0.39, 0.29) is 5.91 Å². The predicted molar refractivity (Wildman–Crippen MR) is 77.0 cm³/mol. The lowest BCUT2D eigenvalue weighted by atomic mass is 9.88. The van der Waals surface area contributed by atoms with Crippen LogP contribution in [0.3, 0.4) is 0 Å². The quantitative estimate of drug-likeness (QED) is 0.893. The first-order valence-corrected chi connectivity index (χ1v) is 7.46. The van der Waals surface area contributed by atoms with Crippen molar-refractivity contribution in [1.82, 2.24) is 4.90 Å². The number of likely N-dealkylation sites (tertiary alicyclic amines) is 1. The van der Waals surface area contributed by atoms with Crippen LogP contribution in [0.4, 0.5) is 0 Å². The molecule has 0 bridgehead atoms. The van der Waals surface area contributed by atoms with E-state index < -0.39 is 6.04 Å². The van der Waals surface area contributed by atoms with Gasteiger partial charge in [-0.25, -0.2) is 0 Å². The third kappa shape index (κ3) is 2.72. The maximum atomic E-state index is 12.5. The normalized spacial score (nSPS) is 27.8. The van der Waals surface area contributed by atoms with Crippen LogP contribution < -0.4 is 5.73 Å². The van der Waals surface area contributed by atoms with Crippen LogP contribution in [0.2, 0.25) is 0 Å². The maximum Gasteiger partial charge on any atom is 0.244 e. The Balaban J connectivity index is 1.65. The number of benzene rings is 1. The Morgan fingerprint density at radius 2 is 2.10 bits per heavy atom. The molecule has 0 aliphatic carbocycles. The number of hydrogen-bond acceptors (Lipinski definition) is 3. The highest BCUT2D eigenvalue weighted by Gasteiger charge is 2.35. The molecule has 2 N–H and O–H groups in total. The number of carbonyl (C=O) groups excluding carboxylic acids is 1. The van der Waals surface area contributed by atoms with Crippen LogP contribution in [0.1, 0.15) is 30.9 Å². The van der Waals surface area contributed by atoms with E-state index in [1.54, 1.807) is 0 Å². The molecule has 1 aromatic rings. The molecular weight excluding hydrogens is 252 g/mol. The molecular formula is C16H22N2O2. The van der Waals surface area contributed by atoms with Gasteiger partial charge in [0.1, 0.15) is 6.04 Å². The SMILES string of the molecule is NC(C(=O)N1CCC2OCCCC2C1)c1ccccc1. The molecule has 0 spiro atoms. The Bertz CT molecular complexity index is 463. The number of ether oxygens (including phenoxy) is 1. The Morgan fingerprint density at radius 3 is 2.90 bits per heavy atom. The number of fused-ring (bicyclic) bond motifs is 1. The molecule has 0 radical (unpaired) electrons. The second-order valence-corrected chi connectivity index (χ2v) is 5.77. The van der Waals surface area contributed by atoms with Gasteiger partial charge in [0, 0.05) is 25.6 Å². The second kappa shape index (κ2) is 5.94. The molecule has 20 heavy (non-hydrogen) atoms. The summed E-state index contributed by atoms with van der Waals surface area (Å²) in [6, 6.07) is 9.06. The zero-order valence-electron chi connectivity index (χ0n) is 11.7. The van der Waals surface area contributed by atoms with Gasteiger partial charge in [-0.15, -0.1) is 0 Å². The van der Waals surface area contributed by atoms with E-state index in [0.29, 0.717) is 12.0 Å². The number of amides is 1. The summed E-state index contributed by atoms with van der Waals surface area (Å²) >= 11 is 0. The maximum absolute atomic E-state index is 12.5. The lowest BCUT2D eigenvalue weighted by molar-refractivity contribution is -0.140. The van der Waals surface area contributed by atoms with Crippen molar-refractivity contribution in [3.8, 4) is 0 Å². The minimum absolute atomic E-state index is 0.0419. The van der Waals surface area contributed by atoms with Gasteiger partial charge in [-0.05, 0) is 24.8 Å². The van der Waals surface area contributed by atoms with Gasteiger partial charge in [-0.2, -0.15) is 0 Å². The summed E-state index contributed by atoms with van der Waals surface area (Å²) < 4.78 is 5.79. The summed E-state index contributed by atoms with van der Waals surface area (Å²) in [4.78, 5) is 14.5. The fraction of sp³-hybridized carbons (Fsp3) is 0.562. The highest BCUT2D eigenvalue weighted by Crippen LogP contribution is 2.29. The van der Waals surface area contributed by atoms with E-state index in [0.717, 1.165) is 44.5 Å². The largest absolute Gasteiger partial charge is 0.378 e.